The molecular formula is C17H25N3O5S. The molecule has 3 rings (SSSR count). The standard InChI is InChI=1S/C17H25N3O5S/c1-2-14-5-3-4-8-19(14)16-7-6-15(20(21)22)13-17(16)26(23,24)18-9-11-25-12-10-18/h6-7,13-14H,2-5,8-12H2,1H3. The lowest BCUT2D eigenvalue weighted by atomic mass is 9.99. The van der Waals surface area contributed by atoms with Gasteiger partial charge in [0.1, 0.15) is 4.90 Å². The van der Waals surface area contributed by atoms with E-state index in [-0.39, 0.29) is 29.7 Å². The van der Waals surface area contributed by atoms with E-state index >= 15 is 0 Å². The van der Waals surface area contributed by atoms with Crippen LogP contribution in [-0.4, -0.2) is 56.5 Å². The van der Waals surface area contributed by atoms with Crippen molar-refractivity contribution in [3.8, 4) is 0 Å². The Bertz CT molecular complexity index is 762. The van der Waals surface area contributed by atoms with Crippen LogP contribution in [0.3, 0.4) is 0 Å². The lowest BCUT2D eigenvalue weighted by molar-refractivity contribution is -0.385. The van der Waals surface area contributed by atoms with E-state index in [0.717, 1.165) is 32.2 Å². The minimum absolute atomic E-state index is 0.0361. The van der Waals surface area contributed by atoms with Gasteiger partial charge in [0.15, 0.2) is 0 Å². The Morgan fingerprint density at radius 2 is 1.96 bits per heavy atom. The van der Waals surface area contributed by atoms with E-state index in [1.807, 2.05) is 0 Å². The number of sulfonamides is 1. The fourth-order valence-corrected chi connectivity index (χ4v) is 5.36. The van der Waals surface area contributed by atoms with E-state index in [0.29, 0.717) is 18.9 Å². The van der Waals surface area contributed by atoms with Gasteiger partial charge in [0, 0.05) is 37.8 Å². The number of piperidine rings is 1. The number of hydrogen-bond acceptors (Lipinski definition) is 6. The summed E-state index contributed by atoms with van der Waals surface area (Å²) in [5.41, 5.74) is 0.374. The first kappa shape index (κ1) is 19.1. The molecule has 0 N–H and O–H groups in total. The maximum atomic E-state index is 13.2. The highest BCUT2D eigenvalue weighted by Crippen LogP contribution is 2.35. The Hall–Kier alpha value is -1.71. The van der Waals surface area contributed by atoms with E-state index in [1.165, 1.54) is 16.4 Å². The molecule has 2 fully saturated rings. The molecule has 0 aromatic heterocycles. The molecule has 1 unspecified atom stereocenters. The molecule has 0 saturated carbocycles. The molecule has 144 valence electrons. The Labute approximate surface area is 153 Å². The molecule has 8 nitrogen and oxygen atoms in total. The molecule has 2 aliphatic heterocycles. The van der Waals surface area contributed by atoms with Gasteiger partial charge in [-0.1, -0.05) is 6.92 Å². The number of ether oxygens (including phenoxy) is 1. The fraction of sp³-hybridized carbons (Fsp3) is 0.647. The molecule has 1 aromatic rings. The summed E-state index contributed by atoms with van der Waals surface area (Å²) in [5, 5.41) is 11.2. The number of nitro groups is 1. The van der Waals surface area contributed by atoms with Crippen LogP contribution >= 0.6 is 0 Å². The molecule has 1 aromatic carbocycles. The average Bonchev–Trinajstić information content (AvgIpc) is 2.68. The van der Waals surface area contributed by atoms with Gasteiger partial charge in [0.05, 0.1) is 23.8 Å². The Kier molecular flexibility index (Phi) is 5.79. The normalized spacial score (nSPS) is 22.3. The number of nitrogens with zero attached hydrogens (tertiary/aromatic N) is 3. The molecule has 0 spiro atoms. The van der Waals surface area contributed by atoms with Crippen LogP contribution in [0.25, 0.3) is 0 Å². The number of nitro benzene ring substituents is 1. The van der Waals surface area contributed by atoms with Crippen molar-refractivity contribution in [1.29, 1.82) is 0 Å². The van der Waals surface area contributed by atoms with Crippen molar-refractivity contribution >= 4 is 21.4 Å². The number of benzene rings is 1. The summed E-state index contributed by atoms with van der Waals surface area (Å²) in [4.78, 5) is 12.8. The van der Waals surface area contributed by atoms with Crippen molar-refractivity contribution in [3.05, 3.63) is 28.3 Å². The van der Waals surface area contributed by atoms with Crippen molar-refractivity contribution < 1.29 is 18.1 Å². The zero-order valence-electron chi connectivity index (χ0n) is 15.0. The van der Waals surface area contributed by atoms with Gasteiger partial charge in [0.2, 0.25) is 10.0 Å². The van der Waals surface area contributed by atoms with Crippen LogP contribution in [0, 0.1) is 10.1 Å². The number of hydrogen-bond donors (Lipinski definition) is 0. The summed E-state index contributed by atoms with van der Waals surface area (Å²) in [6, 6.07) is 4.46. The second-order valence-electron chi connectivity index (χ2n) is 6.68. The number of non-ortho nitro benzene ring substituents is 1. The molecule has 0 radical (unpaired) electrons. The Balaban J connectivity index is 2.08. The zero-order chi connectivity index (χ0) is 18.7. The third kappa shape index (κ3) is 3.70. The first-order chi connectivity index (χ1) is 12.4. The van der Waals surface area contributed by atoms with E-state index < -0.39 is 14.9 Å². The maximum absolute atomic E-state index is 13.2. The predicted octanol–water partition coefficient (Wildman–Crippen LogP) is 2.38. The lowest BCUT2D eigenvalue weighted by Gasteiger charge is -2.38. The molecule has 2 aliphatic rings. The van der Waals surface area contributed by atoms with Crippen LogP contribution < -0.4 is 4.90 Å². The number of rotatable bonds is 5. The van der Waals surface area contributed by atoms with Crippen LogP contribution in [0.1, 0.15) is 32.6 Å². The molecular weight excluding hydrogens is 358 g/mol. The van der Waals surface area contributed by atoms with E-state index in [9.17, 15) is 18.5 Å². The molecule has 2 heterocycles. The summed E-state index contributed by atoms with van der Waals surface area (Å²) in [6.07, 6.45) is 4.02. The lowest BCUT2D eigenvalue weighted by Crippen LogP contribution is -2.43. The fourth-order valence-electron chi connectivity index (χ4n) is 3.73. The summed E-state index contributed by atoms with van der Waals surface area (Å²) in [6.45, 7) is 4.06. The Morgan fingerprint density at radius 3 is 2.62 bits per heavy atom. The van der Waals surface area contributed by atoms with Crippen LogP contribution in [-0.2, 0) is 14.8 Å². The van der Waals surface area contributed by atoms with E-state index in [4.69, 9.17) is 4.74 Å². The summed E-state index contributed by atoms with van der Waals surface area (Å²) < 4.78 is 33.1. The quantitative estimate of drug-likeness (QED) is 0.572. The first-order valence-electron chi connectivity index (χ1n) is 9.08. The summed E-state index contributed by atoms with van der Waals surface area (Å²) in [5.74, 6) is 0. The van der Waals surface area contributed by atoms with Crippen LogP contribution in [0.2, 0.25) is 0 Å². The molecule has 9 heteroatoms. The molecule has 0 bridgehead atoms. The highest BCUT2D eigenvalue weighted by Gasteiger charge is 2.33. The van der Waals surface area contributed by atoms with Gasteiger partial charge in [-0.15, -0.1) is 0 Å². The van der Waals surface area contributed by atoms with Gasteiger partial charge in [-0.05, 0) is 31.7 Å². The minimum Gasteiger partial charge on any atom is -0.379 e. The second kappa shape index (κ2) is 7.89. The van der Waals surface area contributed by atoms with Gasteiger partial charge in [-0.25, -0.2) is 8.42 Å². The first-order valence-corrected chi connectivity index (χ1v) is 10.5. The summed E-state index contributed by atoms with van der Waals surface area (Å²) in [7, 11) is -3.82. The third-order valence-electron chi connectivity index (χ3n) is 5.15. The molecule has 0 amide bonds. The largest absolute Gasteiger partial charge is 0.379 e. The van der Waals surface area contributed by atoms with Crippen molar-refractivity contribution in [2.75, 3.05) is 37.7 Å². The molecule has 26 heavy (non-hydrogen) atoms. The SMILES string of the molecule is CCC1CCCCN1c1ccc([N+](=O)[O-])cc1S(=O)(=O)N1CCOCC1. The topological polar surface area (TPSA) is 93.0 Å². The van der Waals surface area contributed by atoms with Gasteiger partial charge < -0.3 is 9.64 Å². The third-order valence-corrected chi connectivity index (χ3v) is 7.08. The van der Waals surface area contributed by atoms with Crippen LogP contribution in [0.5, 0.6) is 0 Å². The van der Waals surface area contributed by atoms with Crippen LogP contribution in [0.4, 0.5) is 11.4 Å². The summed E-state index contributed by atoms with van der Waals surface area (Å²) >= 11 is 0. The number of anilines is 1. The van der Waals surface area contributed by atoms with Gasteiger partial charge in [-0.3, -0.25) is 10.1 Å². The second-order valence-corrected chi connectivity index (χ2v) is 8.58. The zero-order valence-corrected chi connectivity index (χ0v) is 15.8. The molecule has 0 aliphatic carbocycles. The van der Waals surface area contributed by atoms with Gasteiger partial charge in [0.25, 0.3) is 5.69 Å². The van der Waals surface area contributed by atoms with Crippen molar-refractivity contribution in [1.82, 2.24) is 4.31 Å². The Morgan fingerprint density at radius 1 is 1.23 bits per heavy atom. The molecule has 1 atom stereocenters. The highest BCUT2D eigenvalue weighted by molar-refractivity contribution is 7.89. The van der Waals surface area contributed by atoms with Crippen molar-refractivity contribution in [2.45, 2.75) is 43.5 Å². The van der Waals surface area contributed by atoms with E-state index in [2.05, 4.69) is 11.8 Å². The monoisotopic (exact) mass is 383 g/mol. The number of morpholine rings is 1. The van der Waals surface area contributed by atoms with Crippen molar-refractivity contribution in [3.63, 3.8) is 0 Å². The van der Waals surface area contributed by atoms with E-state index in [1.54, 1.807) is 6.07 Å². The maximum Gasteiger partial charge on any atom is 0.270 e. The van der Waals surface area contributed by atoms with Gasteiger partial charge >= 0.3 is 0 Å². The van der Waals surface area contributed by atoms with Crippen LogP contribution in [0.15, 0.2) is 23.1 Å². The predicted molar refractivity (Wildman–Crippen MR) is 98.0 cm³/mol. The average molecular weight is 383 g/mol. The minimum atomic E-state index is -3.82. The molecule has 2 saturated heterocycles. The highest BCUT2D eigenvalue weighted by atomic mass is 32.2. The van der Waals surface area contributed by atoms with Crippen molar-refractivity contribution in [2.24, 2.45) is 0 Å². The smallest absolute Gasteiger partial charge is 0.270 e. The van der Waals surface area contributed by atoms with Gasteiger partial charge in [-0.2, -0.15) is 4.31 Å².